The van der Waals surface area contributed by atoms with E-state index in [2.05, 4.69) is 0 Å². The molecule has 5 heteroatoms. The zero-order valence-corrected chi connectivity index (χ0v) is 11.7. The molecule has 0 spiro atoms. The molecular formula is C16H19F3O2. The third-order valence-electron chi connectivity index (χ3n) is 4.49. The molecule has 1 saturated carbocycles. The van der Waals surface area contributed by atoms with Crippen LogP contribution >= 0.6 is 0 Å². The number of halogens is 3. The topological polar surface area (TPSA) is 37.3 Å². The van der Waals surface area contributed by atoms with Crippen molar-refractivity contribution in [1.29, 1.82) is 0 Å². The summed E-state index contributed by atoms with van der Waals surface area (Å²) in [6.07, 6.45) is -2.20. The summed E-state index contributed by atoms with van der Waals surface area (Å²) in [6, 6.07) is 8.92. The van der Waals surface area contributed by atoms with E-state index >= 15 is 0 Å². The van der Waals surface area contributed by atoms with E-state index in [0.717, 1.165) is 24.8 Å². The lowest BCUT2D eigenvalue weighted by atomic mass is 9.64. The number of rotatable bonds is 4. The minimum absolute atomic E-state index is 0.355. The lowest BCUT2D eigenvalue weighted by Crippen LogP contribution is -2.52. The standard InChI is InChI=1S/C16H19F3O2/c17-16(18,19)15(21,12-20)11-14(9-5-2-6-10-14)13-7-3-1-4-8-13/h1,3-4,7-8,12,21H,2,5-6,9-11H2/t15-/m0/s1. The van der Waals surface area contributed by atoms with Crippen molar-refractivity contribution in [3.8, 4) is 0 Å². The van der Waals surface area contributed by atoms with Crippen LogP contribution in [0.3, 0.4) is 0 Å². The second-order valence-electron chi connectivity index (χ2n) is 5.92. The van der Waals surface area contributed by atoms with Gasteiger partial charge in [0.1, 0.15) is 0 Å². The van der Waals surface area contributed by atoms with Gasteiger partial charge in [-0.1, -0.05) is 49.6 Å². The van der Waals surface area contributed by atoms with Crippen LogP contribution in [0.1, 0.15) is 44.1 Å². The largest absolute Gasteiger partial charge is 0.424 e. The molecule has 1 atom stereocenters. The van der Waals surface area contributed by atoms with Gasteiger partial charge in [-0.25, -0.2) is 0 Å². The molecule has 0 aromatic heterocycles. The normalized spacial score (nSPS) is 21.5. The fourth-order valence-corrected chi connectivity index (χ4v) is 3.31. The van der Waals surface area contributed by atoms with Crippen molar-refractivity contribution in [2.75, 3.05) is 0 Å². The maximum Gasteiger partial charge on any atom is 0.424 e. The Morgan fingerprint density at radius 2 is 1.67 bits per heavy atom. The number of benzene rings is 1. The monoisotopic (exact) mass is 300 g/mol. The Labute approximate surface area is 122 Å². The summed E-state index contributed by atoms with van der Waals surface area (Å²) >= 11 is 0. The van der Waals surface area contributed by atoms with E-state index in [0.29, 0.717) is 12.8 Å². The van der Waals surface area contributed by atoms with Crippen LogP contribution in [0, 0.1) is 0 Å². The highest BCUT2D eigenvalue weighted by Gasteiger charge is 2.57. The highest BCUT2D eigenvalue weighted by atomic mass is 19.4. The Morgan fingerprint density at radius 1 is 1.10 bits per heavy atom. The second kappa shape index (κ2) is 5.79. The first-order chi connectivity index (χ1) is 9.83. The minimum atomic E-state index is -4.95. The van der Waals surface area contributed by atoms with Gasteiger partial charge in [0.2, 0.25) is 5.60 Å². The van der Waals surface area contributed by atoms with Crippen LogP contribution in [-0.4, -0.2) is 23.2 Å². The van der Waals surface area contributed by atoms with Crippen molar-refractivity contribution in [2.24, 2.45) is 0 Å². The summed E-state index contributed by atoms with van der Waals surface area (Å²) in [5, 5.41) is 9.84. The summed E-state index contributed by atoms with van der Waals surface area (Å²) in [5.41, 5.74) is -3.29. The molecule has 0 heterocycles. The average Bonchev–Trinajstić information content (AvgIpc) is 2.48. The van der Waals surface area contributed by atoms with Crippen molar-refractivity contribution in [3.05, 3.63) is 35.9 Å². The maximum atomic E-state index is 13.1. The van der Waals surface area contributed by atoms with Crippen molar-refractivity contribution >= 4 is 6.29 Å². The van der Waals surface area contributed by atoms with Crippen molar-refractivity contribution < 1.29 is 23.1 Å². The zero-order valence-electron chi connectivity index (χ0n) is 11.7. The van der Waals surface area contributed by atoms with Gasteiger partial charge in [0, 0.05) is 6.42 Å². The third kappa shape index (κ3) is 3.12. The Balaban J connectivity index is 2.40. The van der Waals surface area contributed by atoms with E-state index in [4.69, 9.17) is 0 Å². The van der Waals surface area contributed by atoms with Gasteiger partial charge in [-0.05, 0) is 23.8 Å². The van der Waals surface area contributed by atoms with Gasteiger partial charge < -0.3 is 5.11 Å². The van der Waals surface area contributed by atoms with Crippen LogP contribution in [0.2, 0.25) is 0 Å². The van der Waals surface area contributed by atoms with Gasteiger partial charge >= 0.3 is 6.18 Å². The lowest BCUT2D eigenvalue weighted by molar-refractivity contribution is -0.251. The smallest absolute Gasteiger partial charge is 0.374 e. The van der Waals surface area contributed by atoms with Gasteiger partial charge in [0.05, 0.1) is 0 Å². The highest BCUT2D eigenvalue weighted by Crippen LogP contribution is 2.47. The molecule has 0 aliphatic heterocycles. The van der Waals surface area contributed by atoms with Crippen LogP contribution < -0.4 is 0 Å². The number of carbonyl (C=O) groups excluding carboxylic acids is 1. The highest BCUT2D eigenvalue weighted by molar-refractivity contribution is 5.64. The van der Waals surface area contributed by atoms with Gasteiger partial charge in [-0.2, -0.15) is 13.2 Å². The van der Waals surface area contributed by atoms with E-state index in [-0.39, 0.29) is 6.29 Å². The van der Waals surface area contributed by atoms with Gasteiger partial charge in [-0.3, -0.25) is 4.79 Å². The zero-order chi connectivity index (χ0) is 15.6. The fourth-order valence-electron chi connectivity index (χ4n) is 3.31. The minimum Gasteiger partial charge on any atom is -0.374 e. The Morgan fingerprint density at radius 3 is 2.14 bits per heavy atom. The summed E-state index contributed by atoms with van der Waals surface area (Å²) in [5.74, 6) is 0. The van der Waals surface area contributed by atoms with E-state index in [1.165, 1.54) is 0 Å². The second-order valence-corrected chi connectivity index (χ2v) is 5.92. The first-order valence-corrected chi connectivity index (χ1v) is 7.14. The van der Waals surface area contributed by atoms with E-state index in [1.54, 1.807) is 30.3 Å². The Hall–Kier alpha value is -1.36. The molecule has 0 saturated heterocycles. The van der Waals surface area contributed by atoms with Gasteiger partial charge in [-0.15, -0.1) is 0 Å². The number of alkyl halides is 3. The van der Waals surface area contributed by atoms with E-state index in [9.17, 15) is 23.1 Å². The molecule has 1 N–H and O–H groups in total. The van der Waals surface area contributed by atoms with Crippen LogP contribution in [0.5, 0.6) is 0 Å². The summed E-state index contributed by atoms with van der Waals surface area (Å²) in [6.45, 7) is 0. The molecule has 1 aliphatic carbocycles. The van der Waals surface area contributed by atoms with E-state index < -0.39 is 23.6 Å². The predicted octanol–water partition coefficient (Wildman–Crippen LogP) is 3.77. The van der Waals surface area contributed by atoms with Crippen LogP contribution in [0.4, 0.5) is 13.2 Å². The van der Waals surface area contributed by atoms with Gasteiger partial charge in [0.15, 0.2) is 6.29 Å². The molecule has 1 fully saturated rings. The lowest BCUT2D eigenvalue weighted by Gasteiger charge is -2.42. The number of hydrogen-bond acceptors (Lipinski definition) is 2. The molecule has 0 bridgehead atoms. The number of aldehydes is 1. The molecule has 0 amide bonds. The molecule has 21 heavy (non-hydrogen) atoms. The molecule has 0 radical (unpaired) electrons. The Bertz CT molecular complexity index is 478. The van der Waals surface area contributed by atoms with Crippen LogP contribution in [0.15, 0.2) is 30.3 Å². The molecule has 1 aromatic rings. The van der Waals surface area contributed by atoms with E-state index in [1.807, 2.05) is 0 Å². The summed E-state index contributed by atoms with van der Waals surface area (Å²) in [7, 11) is 0. The summed E-state index contributed by atoms with van der Waals surface area (Å²) in [4.78, 5) is 11.0. The molecule has 2 nitrogen and oxygen atoms in total. The number of carbonyl (C=O) groups is 1. The molecular weight excluding hydrogens is 281 g/mol. The number of aliphatic hydroxyl groups is 1. The molecule has 116 valence electrons. The van der Waals surface area contributed by atoms with Crippen LogP contribution in [-0.2, 0) is 10.2 Å². The molecule has 2 rings (SSSR count). The first-order valence-electron chi connectivity index (χ1n) is 7.14. The quantitative estimate of drug-likeness (QED) is 0.859. The van der Waals surface area contributed by atoms with Crippen molar-refractivity contribution in [1.82, 2.24) is 0 Å². The SMILES string of the molecule is O=C[C@@](O)(CC1(c2ccccc2)CCCCC1)C(F)(F)F. The predicted molar refractivity (Wildman–Crippen MR) is 72.9 cm³/mol. The number of hydrogen-bond donors (Lipinski definition) is 1. The summed E-state index contributed by atoms with van der Waals surface area (Å²) < 4.78 is 39.2. The van der Waals surface area contributed by atoms with Crippen LogP contribution in [0.25, 0.3) is 0 Å². The maximum absolute atomic E-state index is 13.1. The third-order valence-corrected chi connectivity index (χ3v) is 4.49. The molecule has 0 unspecified atom stereocenters. The molecule has 1 aliphatic rings. The van der Waals surface area contributed by atoms with Gasteiger partial charge in [0.25, 0.3) is 0 Å². The average molecular weight is 300 g/mol. The molecule has 1 aromatic carbocycles. The fraction of sp³-hybridized carbons (Fsp3) is 0.562. The van der Waals surface area contributed by atoms with Crippen molar-refractivity contribution in [3.63, 3.8) is 0 Å². The van der Waals surface area contributed by atoms with Crippen molar-refractivity contribution in [2.45, 2.75) is 55.7 Å². The first kappa shape index (κ1) is 16.0. The Kier molecular flexibility index (Phi) is 4.42.